The largest absolute Gasteiger partial charge is 0.433 e. The molecule has 5 rings (SSSR count). The third kappa shape index (κ3) is 3.61. The molecule has 1 aromatic heterocycles. The number of halogens is 3. The zero-order valence-corrected chi connectivity index (χ0v) is 17.5. The molecular formula is C26H18F3N3O. The second-order valence-corrected chi connectivity index (χ2v) is 7.73. The van der Waals surface area contributed by atoms with E-state index in [1.54, 1.807) is 30.3 Å². The molecule has 1 aliphatic heterocycles. The van der Waals surface area contributed by atoms with Crippen LogP contribution in [0.3, 0.4) is 0 Å². The normalized spacial score (nSPS) is 14.4. The molecule has 1 aliphatic rings. The minimum Gasteiger partial charge on any atom is -0.286 e. The third-order valence-corrected chi connectivity index (χ3v) is 5.57. The molecular weight excluding hydrogens is 427 g/mol. The fourth-order valence-corrected chi connectivity index (χ4v) is 3.99. The zero-order valence-electron chi connectivity index (χ0n) is 17.5. The van der Waals surface area contributed by atoms with Crippen molar-refractivity contribution in [1.29, 1.82) is 0 Å². The molecule has 7 heteroatoms. The summed E-state index contributed by atoms with van der Waals surface area (Å²) in [7, 11) is 0. The molecule has 4 nitrogen and oxygen atoms in total. The Hall–Kier alpha value is -4.13. The first kappa shape index (κ1) is 20.8. The number of hydrogen-bond acceptors (Lipinski definition) is 2. The Bertz CT molecular complexity index is 1460. The van der Waals surface area contributed by atoms with E-state index in [2.05, 4.69) is 5.10 Å². The molecule has 0 saturated heterocycles. The van der Waals surface area contributed by atoms with Gasteiger partial charge >= 0.3 is 6.18 Å². The van der Waals surface area contributed by atoms with Gasteiger partial charge in [0, 0.05) is 16.7 Å². The summed E-state index contributed by atoms with van der Waals surface area (Å²) in [6.07, 6.45) is -3.44. The summed E-state index contributed by atoms with van der Waals surface area (Å²) in [4.78, 5) is 17.9. The second kappa shape index (κ2) is 7.78. The van der Waals surface area contributed by atoms with Crippen molar-refractivity contribution in [2.45, 2.75) is 13.1 Å². The lowest BCUT2D eigenvalue weighted by Crippen LogP contribution is -2.16. The van der Waals surface area contributed by atoms with Crippen molar-refractivity contribution in [3.63, 3.8) is 0 Å². The minimum absolute atomic E-state index is 0.317. The predicted molar refractivity (Wildman–Crippen MR) is 123 cm³/mol. The van der Waals surface area contributed by atoms with E-state index in [1.807, 2.05) is 55.5 Å². The van der Waals surface area contributed by atoms with Gasteiger partial charge in [0.1, 0.15) is 5.69 Å². The maximum atomic E-state index is 14.0. The van der Waals surface area contributed by atoms with Crippen molar-refractivity contribution < 1.29 is 13.2 Å². The van der Waals surface area contributed by atoms with Crippen LogP contribution in [-0.4, -0.2) is 15.5 Å². The summed E-state index contributed by atoms with van der Waals surface area (Å²) in [5.41, 5.74) is 2.01. The van der Waals surface area contributed by atoms with Crippen LogP contribution in [0.1, 0.15) is 27.9 Å². The predicted octanol–water partition coefficient (Wildman–Crippen LogP) is 6.17. The lowest BCUT2D eigenvalue weighted by molar-refractivity contribution is -0.141. The van der Waals surface area contributed by atoms with Crippen LogP contribution in [0.15, 0.2) is 88.6 Å². The van der Waals surface area contributed by atoms with Crippen LogP contribution in [0.5, 0.6) is 0 Å². The van der Waals surface area contributed by atoms with Crippen molar-refractivity contribution >= 4 is 23.0 Å². The molecule has 0 bridgehead atoms. The summed E-state index contributed by atoms with van der Waals surface area (Å²) in [5, 5.41) is 2.26. The number of hydrogen-bond donors (Lipinski definition) is 1. The summed E-state index contributed by atoms with van der Waals surface area (Å²) in [6.45, 7) is 1.90. The molecule has 1 N–H and O–H groups in total. The molecule has 0 unspecified atom stereocenters. The number of aryl methyl sites for hydroxylation is 1. The number of para-hydroxylation sites is 2. The van der Waals surface area contributed by atoms with Gasteiger partial charge < -0.3 is 0 Å². The van der Waals surface area contributed by atoms with Crippen molar-refractivity contribution in [2.24, 2.45) is 4.99 Å². The first-order chi connectivity index (χ1) is 15.8. The standard InChI is InChI=1S/C26H18F3N3O/c1-16-9-8-14-19-20(23(30-22(16)19)17-10-4-2-5-11-17)15-21-24(26(27,28)29)31-32(25(21)33)18-12-6-3-7-13-18/h2-15,31H,1H3. The number of nitrogens with one attached hydrogen (secondary N) is 1. The number of rotatable bonds is 3. The second-order valence-electron chi connectivity index (χ2n) is 7.73. The van der Waals surface area contributed by atoms with Crippen LogP contribution in [0.25, 0.3) is 17.3 Å². The van der Waals surface area contributed by atoms with E-state index in [1.165, 1.54) is 6.08 Å². The van der Waals surface area contributed by atoms with Crippen LogP contribution < -0.4 is 5.56 Å². The number of aromatic amines is 1. The molecule has 0 spiro atoms. The Morgan fingerprint density at radius 1 is 0.909 bits per heavy atom. The number of alkyl halides is 3. The Labute approximate surface area is 187 Å². The maximum Gasteiger partial charge on any atom is 0.433 e. The molecule has 0 radical (unpaired) electrons. The Morgan fingerprint density at radius 3 is 2.24 bits per heavy atom. The van der Waals surface area contributed by atoms with Gasteiger partial charge in [-0.15, -0.1) is 0 Å². The lowest BCUT2D eigenvalue weighted by Gasteiger charge is -2.08. The smallest absolute Gasteiger partial charge is 0.286 e. The lowest BCUT2D eigenvalue weighted by atomic mass is 9.95. The monoisotopic (exact) mass is 445 g/mol. The number of benzene rings is 3. The number of nitrogens with zero attached hydrogens (tertiary/aromatic N) is 2. The van der Waals surface area contributed by atoms with E-state index in [4.69, 9.17) is 4.99 Å². The topological polar surface area (TPSA) is 50.1 Å². The molecule has 0 amide bonds. The highest BCUT2D eigenvalue weighted by Gasteiger charge is 2.38. The van der Waals surface area contributed by atoms with Crippen molar-refractivity contribution in [3.8, 4) is 5.69 Å². The first-order valence-corrected chi connectivity index (χ1v) is 10.3. The van der Waals surface area contributed by atoms with Gasteiger partial charge in [0.15, 0.2) is 0 Å². The Kier molecular flexibility index (Phi) is 4.89. The molecule has 4 aromatic rings. The molecule has 33 heavy (non-hydrogen) atoms. The van der Waals surface area contributed by atoms with E-state index in [0.717, 1.165) is 15.8 Å². The van der Waals surface area contributed by atoms with Gasteiger partial charge in [0.25, 0.3) is 5.56 Å². The van der Waals surface area contributed by atoms with E-state index in [0.29, 0.717) is 28.2 Å². The number of allylic oxidation sites excluding steroid dienone is 1. The SMILES string of the molecule is Cc1cccc2c1N=C(c1ccccc1)C2=Cc1c(C(F)(F)F)[nH]n(-c2ccccc2)c1=O. The summed E-state index contributed by atoms with van der Waals surface area (Å²) in [6, 6.07) is 22.9. The van der Waals surface area contributed by atoms with Gasteiger partial charge in [-0.1, -0.05) is 66.7 Å². The van der Waals surface area contributed by atoms with Crippen LogP contribution in [0.4, 0.5) is 18.9 Å². The highest BCUT2D eigenvalue weighted by molar-refractivity contribution is 6.39. The average molecular weight is 445 g/mol. The van der Waals surface area contributed by atoms with Crippen molar-refractivity contribution in [2.75, 3.05) is 0 Å². The molecule has 3 aromatic carbocycles. The maximum absolute atomic E-state index is 14.0. The summed E-state index contributed by atoms with van der Waals surface area (Å²) < 4.78 is 42.8. The van der Waals surface area contributed by atoms with Gasteiger partial charge in [0.2, 0.25) is 0 Å². The van der Waals surface area contributed by atoms with E-state index >= 15 is 0 Å². The van der Waals surface area contributed by atoms with E-state index in [-0.39, 0.29) is 0 Å². The number of fused-ring (bicyclic) bond motifs is 1. The number of aliphatic imine (C=N–C) groups is 1. The number of H-pyrrole nitrogens is 1. The van der Waals surface area contributed by atoms with Gasteiger partial charge in [-0.3, -0.25) is 9.89 Å². The fourth-order valence-electron chi connectivity index (χ4n) is 3.99. The molecule has 164 valence electrons. The van der Waals surface area contributed by atoms with E-state index in [9.17, 15) is 18.0 Å². The zero-order chi connectivity index (χ0) is 23.2. The summed E-state index contributed by atoms with van der Waals surface area (Å²) >= 11 is 0. The van der Waals surface area contributed by atoms with Crippen LogP contribution in [-0.2, 0) is 6.18 Å². The Balaban J connectivity index is 1.78. The molecule has 0 saturated carbocycles. The highest BCUT2D eigenvalue weighted by Crippen LogP contribution is 2.41. The molecule has 2 heterocycles. The van der Waals surface area contributed by atoms with Crippen LogP contribution in [0, 0.1) is 6.92 Å². The van der Waals surface area contributed by atoms with Gasteiger partial charge in [-0.05, 0) is 30.7 Å². The van der Waals surface area contributed by atoms with Crippen molar-refractivity contribution in [1.82, 2.24) is 9.78 Å². The van der Waals surface area contributed by atoms with Crippen molar-refractivity contribution in [3.05, 3.63) is 117 Å². The van der Waals surface area contributed by atoms with E-state index < -0.39 is 23.0 Å². The number of aromatic nitrogens is 2. The van der Waals surface area contributed by atoms with Gasteiger partial charge in [-0.2, -0.15) is 13.2 Å². The molecule has 0 fully saturated rings. The van der Waals surface area contributed by atoms with Gasteiger partial charge in [-0.25, -0.2) is 9.67 Å². The van der Waals surface area contributed by atoms with Gasteiger partial charge in [0.05, 0.1) is 22.6 Å². The average Bonchev–Trinajstić information content (AvgIpc) is 3.34. The van der Waals surface area contributed by atoms with Crippen LogP contribution >= 0.6 is 0 Å². The quantitative estimate of drug-likeness (QED) is 0.403. The Morgan fingerprint density at radius 2 is 1.58 bits per heavy atom. The van der Waals surface area contributed by atoms with Crippen LogP contribution in [0.2, 0.25) is 0 Å². The highest BCUT2D eigenvalue weighted by atomic mass is 19.4. The first-order valence-electron chi connectivity index (χ1n) is 10.3. The summed E-state index contributed by atoms with van der Waals surface area (Å²) in [5.74, 6) is 0. The fraction of sp³-hybridized carbons (Fsp3) is 0.0769. The third-order valence-electron chi connectivity index (χ3n) is 5.57. The molecule has 0 atom stereocenters. The molecule has 0 aliphatic carbocycles. The minimum atomic E-state index is -4.75.